The van der Waals surface area contributed by atoms with E-state index in [2.05, 4.69) is 20.8 Å². The van der Waals surface area contributed by atoms with E-state index < -0.39 is 16.7 Å². The van der Waals surface area contributed by atoms with Gasteiger partial charge in [0.25, 0.3) is 11.6 Å². The third-order valence-electron chi connectivity index (χ3n) is 4.56. The number of nitrogens with one attached hydrogen (secondary N) is 2. The molecule has 1 heterocycles. The quantitative estimate of drug-likeness (QED) is 0.253. The van der Waals surface area contributed by atoms with Crippen LogP contribution < -0.4 is 24.8 Å². The zero-order valence-corrected chi connectivity index (χ0v) is 18.5. The molecule has 13 nitrogen and oxygen atoms in total. The number of amides is 2. The Labute approximate surface area is 193 Å². The van der Waals surface area contributed by atoms with Gasteiger partial charge < -0.3 is 29.4 Å². The van der Waals surface area contributed by atoms with Crippen molar-refractivity contribution < 1.29 is 33.2 Å². The van der Waals surface area contributed by atoms with Gasteiger partial charge in [-0.2, -0.15) is 4.98 Å². The van der Waals surface area contributed by atoms with Gasteiger partial charge in [-0.05, 0) is 12.1 Å². The molecule has 0 radical (unpaired) electrons. The number of rotatable bonds is 10. The third kappa shape index (κ3) is 5.38. The molecule has 0 saturated carbocycles. The molecule has 0 aliphatic heterocycles. The Morgan fingerprint density at radius 1 is 1.00 bits per heavy atom. The number of hydrogen-bond acceptors (Lipinski definition) is 10. The van der Waals surface area contributed by atoms with E-state index in [1.54, 1.807) is 6.07 Å². The summed E-state index contributed by atoms with van der Waals surface area (Å²) in [6, 6.07) is 8.62. The summed E-state index contributed by atoms with van der Waals surface area (Å²) in [7, 11) is 4.34. The van der Waals surface area contributed by atoms with Crippen LogP contribution in [0.5, 0.6) is 17.2 Å². The lowest BCUT2D eigenvalue weighted by atomic mass is 10.1. The fraction of sp³-hybridized carbons (Fsp3) is 0.238. The van der Waals surface area contributed by atoms with Crippen LogP contribution in [-0.2, 0) is 0 Å². The van der Waals surface area contributed by atoms with Gasteiger partial charge in [0.15, 0.2) is 11.5 Å². The van der Waals surface area contributed by atoms with E-state index in [0.29, 0.717) is 22.8 Å². The Balaban J connectivity index is 1.56. The van der Waals surface area contributed by atoms with Crippen molar-refractivity contribution in [1.82, 2.24) is 20.8 Å². The van der Waals surface area contributed by atoms with Crippen molar-refractivity contribution >= 4 is 17.5 Å². The first-order valence-electron chi connectivity index (χ1n) is 9.82. The molecule has 0 bridgehead atoms. The van der Waals surface area contributed by atoms with Crippen LogP contribution in [0.3, 0.4) is 0 Å². The molecular formula is C21H21N5O8. The van der Waals surface area contributed by atoms with Gasteiger partial charge >= 0.3 is 11.8 Å². The lowest BCUT2D eigenvalue weighted by Gasteiger charge is -2.14. The topological polar surface area (TPSA) is 168 Å². The van der Waals surface area contributed by atoms with Crippen LogP contribution in [0.15, 0.2) is 40.9 Å². The third-order valence-corrected chi connectivity index (χ3v) is 4.56. The van der Waals surface area contributed by atoms with Crippen molar-refractivity contribution in [3.63, 3.8) is 0 Å². The Kier molecular flexibility index (Phi) is 7.59. The second-order valence-corrected chi connectivity index (χ2v) is 6.66. The molecule has 2 N–H and O–H groups in total. The second-order valence-electron chi connectivity index (χ2n) is 6.66. The van der Waals surface area contributed by atoms with Crippen LogP contribution in [-0.4, -0.2) is 61.3 Å². The van der Waals surface area contributed by atoms with Crippen LogP contribution in [0.25, 0.3) is 11.4 Å². The van der Waals surface area contributed by atoms with E-state index in [-0.39, 0.29) is 36.1 Å². The highest BCUT2D eigenvalue weighted by Crippen LogP contribution is 2.38. The number of hydrogen-bond donors (Lipinski definition) is 2. The molecule has 34 heavy (non-hydrogen) atoms. The number of nitro groups is 1. The van der Waals surface area contributed by atoms with Gasteiger partial charge in [-0.1, -0.05) is 17.3 Å². The first kappa shape index (κ1) is 24.0. The van der Waals surface area contributed by atoms with Crippen LogP contribution in [0.1, 0.15) is 21.0 Å². The van der Waals surface area contributed by atoms with E-state index in [0.717, 1.165) is 0 Å². The van der Waals surface area contributed by atoms with Crippen LogP contribution >= 0.6 is 0 Å². The van der Waals surface area contributed by atoms with Crippen molar-refractivity contribution in [3.05, 3.63) is 58.0 Å². The predicted octanol–water partition coefficient (Wildman–Crippen LogP) is 1.83. The van der Waals surface area contributed by atoms with Crippen LogP contribution in [0.4, 0.5) is 5.69 Å². The Morgan fingerprint density at radius 3 is 2.24 bits per heavy atom. The molecule has 13 heteroatoms. The minimum absolute atomic E-state index is 0.0320. The maximum Gasteiger partial charge on any atom is 0.316 e. The molecule has 0 atom stereocenters. The molecule has 0 saturated heterocycles. The van der Waals surface area contributed by atoms with Crippen molar-refractivity contribution in [2.45, 2.75) is 0 Å². The summed E-state index contributed by atoms with van der Waals surface area (Å²) < 4.78 is 20.6. The molecule has 0 fully saturated rings. The maximum absolute atomic E-state index is 12.5. The van der Waals surface area contributed by atoms with Gasteiger partial charge in [-0.25, -0.2) is 0 Å². The van der Waals surface area contributed by atoms with Gasteiger partial charge in [-0.15, -0.1) is 0 Å². The molecule has 2 aromatic carbocycles. The van der Waals surface area contributed by atoms with Crippen LogP contribution in [0, 0.1) is 10.1 Å². The van der Waals surface area contributed by atoms with Gasteiger partial charge in [0.1, 0.15) is 0 Å². The van der Waals surface area contributed by atoms with Crippen LogP contribution in [0.2, 0.25) is 0 Å². The predicted molar refractivity (Wildman–Crippen MR) is 117 cm³/mol. The molecule has 3 rings (SSSR count). The molecule has 0 aliphatic carbocycles. The van der Waals surface area contributed by atoms with Crippen molar-refractivity contribution in [2.24, 2.45) is 0 Å². The average Bonchev–Trinajstić information content (AvgIpc) is 3.36. The Hall–Kier alpha value is -4.68. The van der Waals surface area contributed by atoms with Gasteiger partial charge in [0.05, 0.1) is 26.3 Å². The molecule has 3 aromatic rings. The number of methoxy groups -OCH3 is 3. The highest BCUT2D eigenvalue weighted by atomic mass is 16.6. The summed E-state index contributed by atoms with van der Waals surface area (Å²) in [5.41, 5.74) is 0.463. The smallest absolute Gasteiger partial charge is 0.316 e. The van der Waals surface area contributed by atoms with Crippen molar-refractivity contribution in [1.29, 1.82) is 0 Å². The largest absolute Gasteiger partial charge is 0.493 e. The molecule has 1 aromatic heterocycles. The summed E-state index contributed by atoms with van der Waals surface area (Å²) >= 11 is 0. The average molecular weight is 471 g/mol. The lowest BCUT2D eigenvalue weighted by molar-refractivity contribution is -0.384. The normalized spacial score (nSPS) is 10.3. The highest BCUT2D eigenvalue weighted by molar-refractivity contribution is 5.95. The van der Waals surface area contributed by atoms with Crippen molar-refractivity contribution in [2.75, 3.05) is 34.4 Å². The molecule has 0 spiro atoms. The monoisotopic (exact) mass is 471 g/mol. The first-order valence-corrected chi connectivity index (χ1v) is 9.82. The number of nitrogens with zero attached hydrogens (tertiary/aromatic N) is 3. The summed E-state index contributed by atoms with van der Waals surface area (Å²) in [6.45, 7) is 0.177. The number of ether oxygens (including phenoxy) is 3. The van der Waals surface area contributed by atoms with E-state index in [1.165, 1.54) is 51.7 Å². The molecule has 2 amide bonds. The number of aromatic nitrogens is 2. The maximum atomic E-state index is 12.5. The minimum atomic E-state index is -0.661. The summed E-state index contributed by atoms with van der Waals surface area (Å²) in [5, 5.41) is 19.8. The number of carbonyl (C=O) groups is 2. The number of benzene rings is 2. The fourth-order valence-electron chi connectivity index (χ4n) is 2.93. The summed E-state index contributed by atoms with van der Waals surface area (Å²) in [5.74, 6) is -0.349. The van der Waals surface area contributed by atoms with E-state index in [4.69, 9.17) is 18.7 Å². The zero-order chi connectivity index (χ0) is 24.7. The van der Waals surface area contributed by atoms with E-state index >= 15 is 0 Å². The second kappa shape index (κ2) is 10.8. The van der Waals surface area contributed by atoms with E-state index in [9.17, 15) is 19.7 Å². The number of carbonyl (C=O) groups excluding carboxylic acids is 2. The lowest BCUT2D eigenvalue weighted by Crippen LogP contribution is -2.34. The van der Waals surface area contributed by atoms with Gasteiger partial charge in [0.2, 0.25) is 11.6 Å². The molecule has 178 valence electrons. The fourth-order valence-corrected chi connectivity index (χ4v) is 2.93. The SMILES string of the molecule is COc1cc(C(=O)NCCNC(=O)c2nc(-c3cccc([N+](=O)[O-])c3)no2)cc(OC)c1OC. The minimum Gasteiger partial charge on any atom is -0.493 e. The van der Waals surface area contributed by atoms with Gasteiger partial charge in [-0.3, -0.25) is 19.7 Å². The van der Waals surface area contributed by atoms with Crippen molar-refractivity contribution in [3.8, 4) is 28.6 Å². The Morgan fingerprint density at radius 2 is 1.65 bits per heavy atom. The standard InChI is InChI=1S/C21H21N5O8/c1-31-15-10-13(11-16(32-2)17(15)33-3)19(27)22-7-8-23-20(28)21-24-18(25-34-21)12-5-4-6-14(9-12)26(29)30/h4-6,9-11H,7-8H2,1-3H3,(H,22,27)(H,23,28). The van der Waals surface area contributed by atoms with Gasteiger partial charge in [0, 0.05) is 36.3 Å². The molecule has 0 aliphatic rings. The molecular weight excluding hydrogens is 450 g/mol. The summed E-state index contributed by atoms with van der Waals surface area (Å²) in [6.07, 6.45) is 0. The Bertz CT molecular complexity index is 1180. The summed E-state index contributed by atoms with van der Waals surface area (Å²) in [4.78, 5) is 39.0. The highest BCUT2D eigenvalue weighted by Gasteiger charge is 2.19. The van der Waals surface area contributed by atoms with E-state index in [1.807, 2.05) is 0 Å². The zero-order valence-electron chi connectivity index (χ0n) is 18.5. The molecule has 0 unspecified atom stereocenters. The first-order chi connectivity index (χ1) is 16.4. The number of non-ortho nitro benzene ring substituents is 1. The number of nitro benzene ring substituents is 1.